The average molecular weight is 337 g/mol. The number of benzene rings is 1. The van der Waals surface area contributed by atoms with Crippen LogP contribution >= 0.6 is 15.9 Å². The Morgan fingerprint density at radius 3 is 2.75 bits per heavy atom. The second kappa shape index (κ2) is 6.27. The molecule has 20 heavy (non-hydrogen) atoms. The SMILES string of the molecule is O=C(CNC1CC(c2cccc(Br)c2)C1)N1CCCC1. The first kappa shape index (κ1) is 14.1. The van der Waals surface area contributed by atoms with Gasteiger partial charge in [0.15, 0.2) is 0 Å². The number of hydrogen-bond acceptors (Lipinski definition) is 2. The first-order chi connectivity index (χ1) is 9.72. The lowest BCUT2D eigenvalue weighted by Crippen LogP contribution is -2.45. The molecule has 1 aromatic carbocycles. The smallest absolute Gasteiger partial charge is 0.236 e. The van der Waals surface area contributed by atoms with E-state index < -0.39 is 0 Å². The Hall–Kier alpha value is -0.870. The van der Waals surface area contributed by atoms with E-state index in [1.807, 2.05) is 4.90 Å². The highest BCUT2D eigenvalue weighted by atomic mass is 79.9. The summed E-state index contributed by atoms with van der Waals surface area (Å²) in [5, 5.41) is 3.41. The Bertz CT molecular complexity index is 479. The monoisotopic (exact) mass is 336 g/mol. The normalized spacial score (nSPS) is 25.6. The van der Waals surface area contributed by atoms with Gasteiger partial charge < -0.3 is 10.2 Å². The molecule has 1 aliphatic carbocycles. The van der Waals surface area contributed by atoms with E-state index in [9.17, 15) is 4.79 Å². The molecule has 2 aliphatic rings. The topological polar surface area (TPSA) is 32.3 Å². The quantitative estimate of drug-likeness (QED) is 0.916. The fourth-order valence-corrected chi connectivity index (χ4v) is 3.54. The number of nitrogens with one attached hydrogen (secondary N) is 1. The largest absolute Gasteiger partial charge is 0.342 e. The first-order valence-corrected chi connectivity index (χ1v) is 8.28. The van der Waals surface area contributed by atoms with Crippen molar-refractivity contribution < 1.29 is 4.79 Å². The fourth-order valence-electron chi connectivity index (χ4n) is 3.13. The zero-order valence-corrected chi connectivity index (χ0v) is 13.2. The molecule has 2 fully saturated rings. The van der Waals surface area contributed by atoms with E-state index in [-0.39, 0.29) is 5.91 Å². The number of rotatable bonds is 4. The maximum absolute atomic E-state index is 11.9. The van der Waals surface area contributed by atoms with Crippen LogP contribution in [0.3, 0.4) is 0 Å². The molecule has 3 rings (SSSR count). The molecule has 0 atom stereocenters. The molecule has 4 heteroatoms. The summed E-state index contributed by atoms with van der Waals surface area (Å²) in [6.45, 7) is 2.41. The van der Waals surface area contributed by atoms with E-state index in [1.165, 1.54) is 18.4 Å². The van der Waals surface area contributed by atoms with E-state index in [0.29, 0.717) is 18.5 Å². The molecule has 0 spiro atoms. The minimum absolute atomic E-state index is 0.272. The number of nitrogens with zero attached hydrogens (tertiary/aromatic N) is 1. The van der Waals surface area contributed by atoms with Crippen LogP contribution in [-0.2, 0) is 4.79 Å². The Kier molecular flexibility index (Phi) is 4.41. The lowest BCUT2D eigenvalue weighted by atomic mass is 9.76. The van der Waals surface area contributed by atoms with Crippen molar-refractivity contribution in [1.82, 2.24) is 10.2 Å². The molecule has 1 aromatic rings. The molecule has 3 nitrogen and oxygen atoms in total. The van der Waals surface area contributed by atoms with Gasteiger partial charge in [0.25, 0.3) is 0 Å². The van der Waals surface area contributed by atoms with Crippen LogP contribution in [-0.4, -0.2) is 36.5 Å². The molecule has 1 N–H and O–H groups in total. The van der Waals surface area contributed by atoms with Crippen molar-refractivity contribution in [2.45, 2.75) is 37.6 Å². The van der Waals surface area contributed by atoms with Crippen molar-refractivity contribution in [1.29, 1.82) is 0 Å². The van der Waals surface area contributed by atoms with Crippen molar-refractivity contribution in [3.8, 4) is 0 Å². The van der Waals surface area contributed by atoms with Crippen LogP contribution in [0, 0.1) is 0 Å². The van der Waals surface area contributed by atoms with Gasteiger partial charge in [-0.25, -0.2) is 0 Å². The van der Waals surface area contributed by atoms with E-state index in [2.05, 4.69) is 45.5 Å². The van der Waals surface area contributed by atoms with Gasteiger partial charge in [-0.15, -0.1) is 0 Å². The molecule has 0 aromatic heterocycles. The van der Waals surface area contributed by atoms with Crippen molar-refractivity contribution in [2.24, 2.45) is 0 Å². The van der Waals surface area contributed by atoms with E-state index in [1.54, 1.807) is 0 Å². The summed E-state index contributed by atoms with van der Waals surface area (Å²) in [7, 11) is 0. The van der Waals surface area contributed by atoms with Crippen LogP contribution in [0.1, 0.15) is 37.2 Å². The van der Waals surface area contributed by atoms with Gasteiger partial charge in [-0.2, -0.15) is 0 Å². The highest BCUT2D eigenvalue weighted by Crippen LogP contribution is 2.37. The summed E-state index contributed by atoms with van der Waals surface area (Å²) in [6.07, 6.45) is 4.62. The number of hydrogen-bond donors (Lipinski definition) is 1. The molecular weight excluding hydrogens is 316 g/mol. The van der Waals surface area contributed by atoms with Crippen LogP contribution in [0.5, 0.6) is 0 Å². The van der Waals surface area contributed by atoms with E-state index in [0.717, 1.165) is 30.4 Å². The highest BCUT2D eigenvalue weighted by Gasteiger charge is 2.30. The molecule has 0 unspecified atom stereocenters. The molecule has 0 radical (unpaired) electrons. The van der Waals surface area contributed by atoms with Crippen LogP contribution in [0.25, 0.3) is 0 Å². The molecule has 1 heterocycles. The standard InChI is InChI=1S/C16H21BrN2O/c17-14-5-3-4-12(8-14)13-9-15(10-13)18-11-16(20)19-6-1-2-7-19/h3-5,8,13,15,18H,1-2,6-7,9-11H2. The summed E-state index contributed by atoms with van der Waals surface area (Å²) in [6, 6.07) is 9.06. The summed E-state index contributed by atoms with van der Waals surface area (Å²) < 4.78 is 1.15. The van der Waals surface area contributed by atoms with Crippen LogP contribution in [0.4, 0.5) is 0 Å². The molecule has 1 amide bonds. The lowest BCUT2D eigenvalue weighted by molar-refractivity contribution is -0.129. The van der Waals surface area contributed by atoms with Crippen LogP contribution in [0.15, 0.2) is 28.7 Å². The summed E-state index contributed by atoms with van der Waals surface area (Å²) in [5.41, 5.74) is 1.41. The van der Waals surface area contributed by atoms with Gasteiger partial charge in [0.2, 0.25) is 5.91 Å². The molecule has 108 valence electrons. The van der Waals surface area contributed by atoms with Gasteiger partial charge in [0, 0.05) is 23.6 Å². The minimum atomic E-state index is 0.272. The van der Waals surface area contributed by atoms with Gasteiger partial charge in [-0.1, -0.05) is 28.1 Å². The zero-order valence-electron chi connectivity index (χ0n) is 11.6. The van der Waals surface area contributed by atoms with Crippen molar-refractivity contribution in [3.63, 3.8) is 0 Å². The van der Waals surface area contributed by atoms with Crippen molar-refractivity contribution >= 4 is 21.8 Å². The number of carbonyl (C=O) groups is 1. The lowest BCUT2D eigenvalue weighted by Gasteiger charge is -2.36. The Morgan fingerprint density at radius 2 is 2.05 bits per heavy atom. The minimum Gasteiger partial charge on any atom is -0.342 e. The van der Waals surface area contributed by atoms with Crippen LogP contribution < -0.4 is 5.32 Å². The predicted octanol–water partition coefficient (Wildman–Crippen LogP) is 2.91. The van der Waals surface area contributed by atoms with Gasteiger partial charge in [0.05, 0.1) is 6.54 Å². The van der Waals surface area contributed by atoms with E-state index in [4.69, 9.17) is 0 Å². The Labute approximate surface area is 128 Å². The summed E-state index contributed by atoms with van der Waals surface area (Å²) in [4.78, 5) is 13.9. The molecule has 1 saturated carbocycles. The van der Waals surface area contributed by atoms with Gasteiger partial charge in [-0.3, -0.25) is 4.79 Å². The third-order valence-corrected chi connectivity index (χ3v) is 4.95. The van der Waals surface area contributed by atoms with Gasteiger partial charge >= 0.3 is 0 Å². The molecule has 0 bridgehead atoms. The fraction of sp³-hybridized carbons (Fsp3) is 0.562. The number of carbonyl (C=O) groups excluding carboxylic acids is 1. The third-order valence-electron chi connectivity index (χ3n) is 4.46. The summed E-state index contributed by atoms with van der Waals surface area (Å²) >= 11 is 3.52. The second-order valence-electron chi connectivity index (χ2n) is 5.89. The molecular formula is C16H21BrN2O. The average Bonchev–Trinajstić information content (AvgIpc) is 2.90. The Balaban J connectivity index is 1.41. The summed E-state index contributed by atoms with van der Waals surface area (Å²) in [5.74, 6) is 0.917. The second-order valence-corrected chi connectivity index (χ2v) is 6.80. The van der Waals surface area contributed by atoms with Crippen molar-refractivity contribution in [3.05, 3.63) is 34.3 Å². The maximum atomic E-state index is 11.9. The maximum Gasteiger partial charge on any atom is 0.236 e. The Morgan fingerprint density at radius 1 is 1.30 bits per heavy atom. The van der Waals surface area contributed by atoms with Crippen LogP contribution in [0.2, 0.25) is 0 Å². The third kappa shape index (κ3) is 3.23. The van der Waals surface area contributed by atoms with Crippen molar-refractivity contribution in [2.75, 3.05) is 19.6 Å². The predicted molar refractivity (Wildman–Crippen MR) is 83.7 cm³/mol. The first-order valence-electron chi connectivity index (χ1n) is 7.49. The van der Waals surface area contributed by atoms with Gasteiger partial charge in [0.1, 0.15) is 0 Å². The number of amides is 1. The molecule has 1 aliphatic heterocycles. The van der Waals surface area contributed by atoms with Gasteiger partial charge in [-0.05, 0) is 49.3 Å². The number of likely N-dealkylation sites (tertiary alicyclic amines) is 1. The highest BCUT2D eigenvalue weighted by molar-refractivity contribution is 9.10. The number of halogens is 1. The molecule has 1 saturated heterocycles. The van der Waals surface area contributed by atoms with E-state index >= 15 is 0 Å². The zero-order chi connectivity index (χ0) is 13.9.